The van der Waals surface area contributed by atoms with Crippen molar-refractivity contribution in [3.8, 4) is 0 Å². The van der Waals surface area contributed by atoms with Crippen molar-refractivity contribution >= 4 is 17.9 Å². The first-order valence-electron chi connectivity index (χ1n) is 7.61. The number of carboxylic acids is 1. The van der Waals surface area contributed by atoms with Crippen LogP contribution in [0.25, 0.3) is 0 Å². The van der Waals surface area contributed by atoms with Crippen LogP contribution in [0.5, 0.6) is 0 Å². The first-order valence-corrected chi connectivity index (χ1v) is 7.61. The Labute approximate surface area is 122 Å². The van der Waals surface area contributed by atoms with E-state index >= 15 is 0 Å². The van der Waals surface area contributed by atoms with Crippen LogP contribution in [-0.4, -0.2) is 41.6 Å². The molecule has 1 heterocycles. The molecule has 2 bridgehead atoms. The third-order valence-corrected chi connectivity index (χ3v) is 5.10. The van der Waals surface area contributed by atoms with Crippen molar-refractivity contribution in [1.29, 1.82) is 0 Å². The van der Waals surface area contributed by atoms with Gasteiger partial charge in [-0.1, -0.05) is 0 Å². The van der Waals surface area contributed by atoms with Gasteiger partial charge in [0.25, 0.3) is 0 Å². The van der Waals surface area contributed by atoms with E-state index in [9.17, 15) is 19.5 Å². The Balaban J connectivity index is 1.54. The minimum atomic E-state index is -0.808. The van der Waals surface area contributed by atoms with Crippen molar-refractivity contribution in [2.24, 2.45) is 17.8 Å². The molecule has 3 rings (SSSR count). The van der Waals surface area contributed by atoms with Crippen molar-refractivity contribution in [2.45, 2.75) is 44.2 Å². The molecule has 116 valence electrons. The minimum Gasteiger partial charge on any atom is -0.481 e. The number of hydrogen-bond acceptors (Lipinski definition) is 3. The Bertz CT molecular complexity index is 457. The molecule has 3 aliphatic rings. The van der Waals surface area contributed by atoms with Crippen LogP contribution in [-0.2, 0) is 9.59 Å². The van der Waals surface area contributed by atoms with Gasteiger partial charge in [-0.2, -0.15) is 0 Å². The molecule has 0 aromatic carbocycles. The van der Waals surface area contributed by atoms with E-state index < -0.39 is 11.9 Å². The molecule has 5 unspecified atom stereocenters. The summed E-state index contributed by atoms with van der Waals surface area (Å²) in [6.45, 7) is 0.436. The first kappa shape index (κ1) is 14.2. The summed E-state index contributed by atoms with van der Waals surface area (Å²) < 4.78 is 0. The van der Waals surface area contributed by atoms with Crippen LogP contribution in [0.3, 0.4) is 0 Å². The van der Waals surface area contributed by atoms with Gasteiger partial charge in [-0.3, -0.25) is 9.59 Å². The van der Waals surface area contributed by atoms with Gasteiger partial charge in [0.1, 0.15) is 0 Å². The highest BCUT2D eigenvalue weighted by Gasteiger charge is 2.51. The van der Waals surface area contributed by atoms with Gasteiger partial charge in [0, 0.05) is 25.0 Å². The molecule has 5 atom stereocenters. The topological polar surface area (TPSA) is 108 Å². The van der Waals surface area contributed by atoms with Crippen LogP contribution >= 0.6 is 0 Å². The molecule has 1 aliphatic heterocycles. The lowest BCUT2D eigenvalue weighted by atomic mass is 9.84. The molecule has 3 fully saturated rings. The van der Waals surface area contributed by atoms with Gasteiger partial charge in [-0.25, -0.2) is 4.79 Å². The second-order valence-corrected chi connectivity index (χ2v) is 6.38. The second-order valence-electron chi connectivity index (χ2n) is 6.38. The van der Waals surface area contributed by atoms with Crippen LogP contribution in [0.1, 0.15) is 32.1 Å². The Kier molecular flexibility index (Phi) is 3.73. The summed E-state index contributed by atoms with van der Waals surface area (Å²) in [6.07, 6.45) is 3.89. The quantitative estimate of drug-likeness (QED) is 0.590. The number of carboxylic acid groups (broad SMARTS) is 1. The number of hydrogen-bond donors (Lipinski definition) is 4. The lowest BCUT2D eigenvalue weighted by molar-refractivity contribution is -0.144. The predicted octanol–water partition coefficient (Wildman–Crippen LogP) is 0.0635. The second kappa shape index (κ2) is 5.54. The summed E-state index contributed by atoms with van der Waals surface area (Å²) in [6, 6.07) is -0.663. The Morgan fingerprint density at radius 1 is 1.14 bits per heavy atom. The van der Waals surface area contributed by atoms with E-state index in [2.05, 4.69) is 16.0 Å². The zero-order valence-electron chi connectivity index (χ0n) is 11.8. The number of carbonyl (C=O) groups is 3. The maximum Gasteiger partial charge on any atom is 0.315 e. The number of piperidine rings is 1. The fourth-order valence-electron chi connectivity index (χ4n) is 4.09. The van der Waals surface area contributed by atoms with Crippen molar-refractivity contribution in [3.05, 3.63) is 0 Å². The van der Waals surface area contributed by atoms with Crippen LogP contribution in [0.15, 0.2) is 0 Å². The molecular formula is C14H21N3O4. The maximum atomic E-state index is 12.1. The van der Waals surface area contributed by atoms with Gasteiger partial charge in [0.2, 0.25) is 5.91 Å². The molecule has 4 N–H and O–H groups in total. The summed E-state index contributed by atoms with van der Waals surface area (Å²) in [4.78, 5) is 34.5. The molecule has 2 aliphatic carbocycles. The summed E-state index contributed by atoms with van der Waals surface area (Å²) in [5.74, 6) is -0.773. The highest BCUT2D eigenvalue weighted by Crippen LogP contribution is 2.48. The predicted molar refractivity (Wildman–Crippen MR) is 73.4 cm³/mol. The number of urea groups is 1. The van der Waals surface area contributed by atoms with Gasteiger partial charge >= 0.3 is 12.0 Å². The summed E-state index contributed by atoms with van der Waals surface area (Å²) >= 11 is 0. The summed E-state index contributed by atoms with van der Waals surface area (Å²) in [7, 11) is 0. The first-order chi connectivity index (χ1) is 10.0. The van der Waals surface area contributed by atoms with E-state index in [-0.39, 0.29) is 35.9 Å². The van der Waals surface area contributed by atoms with Crippen LogP contribution < -0.4 is 16.0 Å². The number of carbonyl (C=O) groups excluding carboxylic acids is 2. The molecule has 0 aromatic rings. The van der Waals surface area contributed by atoms with Gasteiger partial charge in [-0.15, -0.1) is 0 Å². The van der Waals surface area contributed by atoms with Gasteiger partial charge < -0.3 is 21.1 Å². The SMILES string of the molecule is O=C1CCC(NC(=O)NC2C3CCC(C3)C2C(=O)O)CN1. The molecule has 0 aromatic heterocycles. The van der Waals surface area contributed by atoms with Crippen molar-refractivity contribution < 1.29 is 19.5 Å². The van der Waals surface area contributed by atoms with Crippen molar-refractivity contribution in [1.82, 2.24) is 16.0 Å². The number of aliphatic carboxylic acids is 1. The Morgan fingerprint density at radius 2 is 1.90 bits per heavy atom. The Hall–Kier alpha value is -1.79. The van der Waals surface area contributed by atoms with Crippen molar-refractivity contribution in [2.75, 3.05) is 6.54 Å². The van der Waals surface area contributed by atoms with Crippen LogP contribution in [0.2, 0.25) is 0 Å². The van der Waals surface area contributed by atoms with Crippen LogP contribution in [0.4, 0.5) is 4.79 Å². The largest absolute Gasteiger partial charge is 0.481 e. The maximum absolute atomic E-state index is 12.1. The number of amides is 3. The third-order valence-electron chi connectivity index (χ3n) is 5.10. The highest BCUT2D eigenvalue weighted by molar-refractivity contribution is 5.79. The van der Waals surface area contributed by atoms with Gasteiger partial charge in [-0.05, 0) is 37.5 Å². The zero-order valence-corrected chi connectivity index (χ0v) is 11.8. The zero-order chi connectivity index (χ0) is 15.0. The number of fused-ring (bicyclic) bond motifs is 2. The standard InChI is InChI=1S/C14H21N3O4/c18-10-4-3-9(6-15-10)16-14(21)17-12-8-2-1-7(5-8)11(12)13(19)20/h7-9,11-12H,1-6H2,(H,15,18)(H,19,20)(H2,16,17,21). The smallest absolute Gasteiger partial charge is 0.315 e. The normalized spacial score (nSPS) is 37.9. The lowest BCUT2D eigenvalue weighted by Gasteiger charge is -2.30. The van der Waals surface area contributed by atoms with E-state index in [1.54, 1.807) is 0 Å². The average Bonchev–Trinajstić information content (AvgIpc) is 3.02. The average molecular weight is 295 g/mol. The van der Waals surface area contributed by atoms with Gasteiger partial charge in [0.05, 0.1) is 5.92 Å². The third kappa shape index (κ3) is 2.82. The number of rotatable bonds is 3. The molecule has 3 amide bonds. The number of nitrogens with one attached hydrogen (secondary N) is 3. The highest BCUT2D eigenvalue weighted by atomic mass is 16.4. The fraction of sp³-hybridized carbons (Fsp3) is 0.786. The van der Waals surface area contributed by atoms with Gasteiger partial charge in [0.15, 0.2) is 0 Å². The molecule has 7 heteroatoms. The minimum absolute atomic E-state index is 0.00695. The molecule has 2 saturated carbocycles. The van der Waals surface area contributed by atoms with E-state index in [4.69, 9.17) is 0 Å². The van der Waals surface area contributed by atoms with E-state index in [1.165, 1.54) is 0 Å². The molecule has 7 nitrogen and oxygen atoms in total. The Morgan fingerprint density at radius 3 is 2.57 bits per heavy atom. The molecule has 21 heavy (non-hydrogen) atoms. The monoisotopic (exact) mass is 295 g/mol. The molecular weight excluding hydrogens is 274 g/mol. The van der Waals surface area contributed by atoms with E-state index in [0.29, 0.717) is 19.4 Å². The van der Waals surface area contributed by atoms with E-state index in [0.717, 1.165) is 19.3 Å². The summed E-state index contributed by atoms with van der Waals surface area (Å²) in [5.41, 5.74) is 0. The van der Waals surface area contributed by atoms with E-state index in [1.807, 2.05) is 0 Å². The lowest BCUT2D eigenvalue weighted by Crippen LogP contribution is -2.55. The fourth-order valence-corrected chi connectivity index (χ4v) is 4.09. The van der Waals surface area contributed by atoms with Crippen molar-refractivity contribution in [3.63, 3.8) is 0 Å². The van der Waals surface area contributed by atoms with Crippen LogP contribution in [0, 0.1) is 17.8 Å². The molecule has 0 radical (unpaired) electrons. The summed E-state index contributed by atoms with van der Waals surface area (Å²) in [5, 5.41) is 17.7. The molecule has 0 spiro atoms. The molecule has 1 saturated heterocycles.